The molecule has 0 heterocycles. The van der Waals surface area contributed by atoms with Gasteiger partial charge in [-0.15, -0.1) is 0 Å². The van der Waals surface area contributed by atoms with E-state index in [0.717, 1.165) is 12.1 Å². The molecule has 0 radical (unpaired) electrons. The first-order valence-electron chi connectivity index (χ1n) is 9.63. The van der Waals surface area contributed by atoms with E-state index in [0.29, 0.717) is 25.2 Å². The van der Waals surface area contributed by atoms with Gasteiger partial charge in [-0.05, 0) is 70.2 Å². The minimum atomic E-state index is -4.06. The number of rotatable bonds is 9. The van der Waals surface area contributed by atoms with Crippen LogP contribution in [-0.4, -0.2) is 44.4 Å². The zero-order valence-corrected chi connectivity index (χ0v) is 19.0. The summed E-state index contributed by atoms with van der Waals surface area (Å²) < 4.78 is 40.8. The van der Waals surface area contributed by atoms with E-state index in [9.17, 15) is 17.6 Å². The van der Waals surface area contributed by atoms with Crippen molar-refractivity contribution in [1.82, 2.24) is 10.2 Å². The average molecular weight is 456 g/mol. The highest BCUT2D eigenvalue weighted by molar-refractivity contribution is 7.92. The molecule has 2 aromatic carbocycles. The van der Waals surface area contributed by atoms with Gasteiger partial charge < -0.3 is 5.32 Å². The van der Waals surface area contributed by atoms with E-state index in [-0.39, 0.29) is 21.2 Å². The zero-order valence-electron chi connectivity index (χ0n) is 17.4. The van der Waals surface area contributed by atoms with Gasteiger partial charge in [0.05, 0.1) is 5.02 Å². The van der Waals surface area contributed by atoms with Crippen LogP contribution in [0.5, 0.6) is 0 Å². The molecule has 6 nitrogen and oxygen atoms in total. The Kier molecular flexibility index (Phi) is 8.23. The minimum absolute atomic E-state index is 0.0213. The summed E-state index contributed by atoms with van der Waals surface area (Å²) in [5.41, 5.74) is 0.365. The van der Waals surface area contributed by atoms with Gasteiger partial charge in [-0.2, -0.15) is 0 Å². The summed E-state index contributed by atoms with van der Waals surface area (Å²) in [5.74, 6) is -0.875. The number of anilines is 1. The van der Waals surface area contributed by atoms with Crippen LogP contribution in [0, 0.1) is 5.82 Å². The third kappa shape index (κ3) is 6.42. The van der Waals surface area contributed by atoms with Crippen molar-refractivity contribution in [2.75, 3.05) is 17.8 Å². The fourth-order valence-corrected chi connectivity index (χ4v) is 4.68. The normalized spacial score (nSPS) is 11.9. The van der Waals surface area contributed by atoms with Crippen LogP contribution in [0.2, 0.25) is 5.02 Å². The zero-order chi connectivity index (χ0) is 22.5. The van der Waals surface area contributed by atoms with E-state index in [1.807, 2.05) is 0 Å². The fraction of sp³-hybridized carbons (Fsp3) is 0.381. The van der Waals surface area contributed by atoms with Crippen LogP contribution < -0.4 is 10.0 Å². The molecule has 0 spiro atoms. The molecule has 30 heavy (non-hydrogen) atoms. The molecule has 2 N–H and O–H groups in total. The third-order valence-corrected chi connectivity index (χ3v) is 6.42. The molecule has 0 saturated heterocycles. The van der Waals surface area contributed by atoms with Gasteiger partial charge in [0.2, 0.25) is 0 Å². The maximum atomic E-state index is 13.0. The molecule has 2 rings (SSSR count). The summed E-state index contributed by atoms with van der Waals surface area (Å²) >= 11 is 6.07. The molecular formula is C21H27ClFN3O3S. The Morgan fingerprint density at radius 2 is 1.67 bits per heavy atom. The van der Waals surface area contributed by atoms with E-state index in [4.69, 9.17) is 11.6 Å². The van der Waals surface area contributed by atoms with Crippen molar-refractivity contribution in [2.45, 2.75) is 44.7 Å². The number of carbonyl (C=O) groups is 1. The van der Waals surface area contributed by atoms with E-state index < -0.39 is 21.7 Å². The molecule has 0 saturated carbocycles. The maximum Gasteiger partial charge on any atom is 0.263 e. The average Bonchev–Trinajstić information content (AvgIpc) is 2.66. The van der Waals surface area contributed by atoms with Crippen LogP contribution in [0.3, 0.4) is 0 Å². The highest BCUT2D eigenvalue weighted by Crippen LogP contribution is 2.25. The summed E-state index contributed by atoms with van der Waals surface area (Å²) in [6.45, 7) is 9.46. The largest absolute Gasteiger partial charge is 0.351 e. The van der Waals surface area contributed by atoms with Crippen molar-refractivity contribution in [3.05, 3.63) is 58.9 Å². The number of nitrogens with one attached hydrogen (secondary N) is 2. The van der Waals surface area contributed by atoms with E-state index in [1.165, 1.54) is 30.3 Å². The predicted octanol–water partition coefficient (Wildman–Crippen LogP) is 4.13. The monoisotopic (exact) mass is 455 g/mol. The lowest BCUT2D eigenvalue weighted by Gasteiger charge is -2.30. The van der Waals surface area contributed by atoms with Gasteiger partial charge in [-0.25, -0.2) is 12.8 Å². The number of hydrogen-bond donors (Lipinski definition) is 2. The first-order chi connectivity index (χ1) is 14.0. The lowest BCUT2D eigenvalue weighted by Crippen LogP contribution is -2.42. The smallest absolute Gasteiger partial charge is 0.263 e. The molecule has 1 amide bonds. The number of benzene rings is 2. The number of amides is 1. The molecule has 0 unspecified atom stereocenters. The molecule has 9 heteroatoms. The van der Waals surface area contributed by atoms with E-state index >= 15 is 0 Å². The van der Waals surface area contributed by atoms with Crippen LogP contribution in [0.1, 0.15) is 38.1 Å². The van der Waals surface area contributed by atoms with Crippen molar-refractivity contribution in [3.8, 4) is 0 Å². The van der Waals surface area contributed by atoms with Gasteiger partial charge in [0.15, 0.2) is 0 Å². The van der Waals surface area contributed by atoms with Crippen LogP contribution >= 0.6 is 11.6 Å². The fourth-order valence-electron chi connectivity index (χ4n) is 3.09. The van der Waals surface area contributed by atoms with Crippen LogP contribution in [-0.2, 0) is 10.0 Å². The highest BCUT2D eigenvalue weighted by atomic mass is 35.5. The second kappa shape index (κ2) is 10.2. The van der Waals surface area contributed by atoms with Gasteiger partial charge in [0.1, 0.15) is 10.7 Å². The van der Waals surface area contributed by atoms with Crippen LogP contribution in [0.25, 0.3) is 0 Å². The van der Waals surface area contributed by atoms with E-state index in [2.05, 4.69) is 42.6 Å². The first-order valence-corrected chi connectivity index (χ1v) is 11.5. The Hall–Kier alpha value is -2.16. The van der Waals surface area contributed by atoms with Crippen LogP contribution in [0.4, 0.5) is 10.1 Å². The Labute approximate surface area is 182 Å². The van der Waals surface area contributed by atoms with Gasteiger partial charge in [0.25, 0.3) is 15.9 Å². The summed E-state index contributed by atoms with van der Waals surface area (Å²) in [4.78, 5) is 14.5. The molecule has 0 aliphatic rings. The van der Waals surface area contributed by atoms with Crippen molar-refractivity contribution < 1.29 is 17.6 Å². The highest BCUT2D eigenvalue weighted by Gasteiger charge is 2.21. The lowest BCUT2D eigenvalue weighted by atomic mass is 10.2. The topological polar surface area (TPSA) is 78.5 Å². The molecule has 0 aliphatic carbocycles. The molecule has 0 aromatic heterocycles. The van der Waals surface area contributed by atoms with Gasteiger partial charge in [-0.1, -0.05) is 11.6 Å². The Balaban J connectivity index is 2.13. The van der Waals surface area contributed by atoms with Crippen molar-refractivity contribution >= 4 is 33.2 Å². The van der Waals surface area contributed by atoms with E-state index in [1.54, 1.807) is 0 Å². The SMILES string of the molecule is CC(C)N(CCNC(=O)c1ccc(Cl)c(S(=O)(=O)Nc2ccc(F)cc2)c1)C(C)C. The maximum absolute atomic E-state index is 13.0. The number of sulfonamides is 1. The molecule has 0 aliphatic heterocycles. The molecule has 0 bridgehead atoms. The lowest BCUT2D eigenvalue weighted by molar-refractivity contribution is 0.0939. The number of hydrogen-bond acceptors (Lipinski definition) is 4. The minimum Gasteiger partial charge on any atom is -0.351 e. The molecule has 2 aromatic rings. The summed E-state index contributed by atoms with van der Waals surface area (Å²) in [7, 11) is -4.06. The van der Waals surface area contributed by atoms with Gasteiger partial charge in [-0.3, -0.25) is 14.4 Å². The standard InChI is InChI=1S/C21H27ClFN3O3S/c1-14(2)26(15(3)4)12-11-24-21(27)16-5-10-19(22)20(13-16)30(28,29)25-18-8-6-17(23)7-9-18/h5-10,13-15,25H,11-12H2,1-4H3,(H,24,27). The Bertz CT molecular complexity index is 971. The molecule has 0 atom stereocenters. The molecule has 0 fully saturated rings. The Morgan fingerprint density at radius 1 is 1.07 bits per heavy atom. The van der Waals surface area contributed by atoms with Crippen molar-refractivity contribution in [3.63, 3.8) is 0 Å². The quantitative estimate of drug-likeness (QED) is 0.596. The first kappa shape index (κ1) is 24.1. The summed E-state index contributed by atoms with van der Waals surface area (Å²) in [6, 6.07) is 9.62. The Morgan fingerprint density at radius 3 is 2.23 bits per heavy atom. The summed E-state index contributed by atoms with van der Waals surface area (Å²) in [5, 5.41) is 2.79. The number of nitrogens with zero attached hydrogens (tertiary/aromatic N) is 1. The van der Waals surface area contributed by atoms with Crippen LogP contribution in [0.15, 0.2) is 47.4 Å². The molecular weight excluding hydrogens is 429 g/mol. The second-order valence-corrected chi connectivity index (χ2v) is 9.50. The third-order valence-electron chi connectivity index (χ3n) is 4.56. The summed E-state index contributed by atoms with van der Waals surface area (Å²) in [6.07, 6.45) is 0. The van der Waals surface area contributed by atoms with Gasteiger partial charge >= 0.3 is 0 Å². The second-order valence-electron chi connectivity index (χ2n) is 7.44. The predicted molar refractivity (Wildman–Crippen MR) is 118 cm³/mol. The van der Waals surface area contributed by atoms with Gasteiger partial charge in [0, 0.05) is 36.4 Å². The number of halogens is 2. The van der Waals surface area contributed by atoms with Crippen molar-refractivity contribution in [2.24, 2.45) is 0 Å². The molecule has 164 valence electrons. The number of carbonyl (C=O) groups excluding carboxylic acids is 1. The van der Waals surface area contributed by atoms with Crippen molar-refractivity contribution in [1.29, 1.82) is 0 Å².